The molecule has 2 N–H and O–H groups in total. The summed E-state index contributed by atoms with van der Waals surface area (Å²) in [5.74, 6) is 0. The number of nitrogens with one attached hydrogen (secondary N) is 2. The van der Waals surface area contributed by atoms with Gasteiger partial charge >= 0.3 is 5.69 Å². The Morgan fingerprint density at radius 3 is 2.57 bits per heavy atom. The first-order valence-electron chi connectivity index (χ1n) is 1.59. The van der Waals surface area contributed by atoms with Gasteiger partial charge in [-0.3, -0.25) is 4.98 Å². The van der Waals surface area contributed by atoms with Gasteiger partial charge in [-0.15, -0.1) is 5.10 Å². The minimum atomic E-state index is -0.260. The van der Waals surface area contributed by atoms with Crippen molar-refractivity contribution in [2.75, 3.05) is 0 Å². The highest BCUT2D eigenvalue weighted by molar-refractivity contribution is 14.1. The van der Waals surface area contributed by atoms with E-state index in [0.717, 1.165) is 0 Å². The van der Waals surface area contributed by atoms with Crippen molar-refractivity contribution in [2.24, 2.45) is 0 Å². The highest BCUT2D eigenvalue weighted by Crippen LogP contribution is 1.84. The Hall–Kier alpha value is -0.330. The fourth-order valence-electron chi connectivity index (χ4n) is 0.249. The van der Waals surface area contributed by atoms with Crippen molar-refractivity contribution in [3.63, 3.8) is 0 Å². The van der Waals surface area contributed by atoms with E-state index in [1.54, 1.807) is 0 Å². The molecule has 0 amide bonds. The zero-order chi connectivity index (χ0) is 5.28. The Bertz CT molecular complexity index is 201. The van der Waals surface area contributed by atoms with Gasteiger partial charge in [0.2, 0.25) is 0 Å². The minimum Gasteiger partial charge on any atom is -0.284 e. The fraction of sp³-hybridized carbons (Fsp3) is 0. The minimum absolute atomic E-state index is 0.260. The van der Waals surface area contributed by atoms with Gasteiger partial charge < -0.3 is 0 Å². The van der Waals surface area contributed by atoms with Gasteiger partial charge in [0.25, 0.3) is 0 Å². The summed E-state index contributed by atoms with van der Waals surface area (Å²) < 4.78 is 0.586. The van der Waals surface area contributed by atoms with Gasteiger partial charge in [0.05, 0.1) is 0 Å². The van der Waals surface area contributed by atoms with E-state index in [-0.39, 0.29) is 5.69 Å². The molecular weight excluding hydrogens is 209 g/mol. The molecule has 4 nitrogen and oxygen atoms in total. The fourth-order valence-corrected chi connectivity index (χ4v) is 0.615. The molecule has 0 atom stereocenters. The monoisotopic (exact) mass is 211 g/mol. The van der Waals surface area contributed by atoms with Crippen molar-refractivity contribution in [1.29, 1.82) is 0 Å². The summed E-state index contributed by atoms with van der Waals surface area (Å²) in [6.07, 6.45) is 0. The van der Waals surface area contributed by atoms with E-state index in [1.165, 1.54) is 0 Å². The third-order valence-corrected chi connectivity index (χ3v) is 0.983. The predicted molar refractivity (Wildman–Crippen MR) is 31.9 cm³/mol. The van der Waals surface area contributed by atoms with Crippen LogP contribution in [-0.4, -0.2) is 15.2 Å². The van der Waals surface area contributed by atoms with E-state index in [0.29, 0.717) is 3.83 Å². The average molecular weight is 211 g/mol. The van der Waals surface area contributed by atoms with Gasteiger partial charge in [-0.25, -0.2) is 9.89 Å². The van der Waals surface area contributed by atoms with Crippen molar-refractivity contribution in [2.45, 2.75) is 0 Å². The molecular formula is C2H2IN3O. The number of hydrogen-bond donors (Lipinski definition) is 2. The summed E-state index contributed by atoms with van der Waals surface area (Å²) in [4.78, 5) is 12.5. The number of aromatic amines is 2. The second kappa shape index (κ2) is 1.65. The second-order valence-corrected chi connectivity index (χ2v) is 1.99. The van der Waals surface area contributed by atoms with Crippen molar-refractivity contribution >= 4 is 22.6 Å². The van der Waals surface area contributed by atoms with E-state index in [9.17, 15) is 4.79 Å². The Labute approximate surface area is 52.5 Å². The quantitative estimate of drug-likeness (QED) is 0.578. The summed E-state index contributed by atoms with van der Waals surface area (Å²) in [5, 5.41) is 5.71. The Morgan fingerprint density at radius 1 is 1.71 bits per heavy atom. The van der Waals surface area contributed by atoms with Crippen LogP contribution in [0.2, 0.25) is 0 Å². The average Bonchev–Trinajstić information content (AvgIpc) is 1.87. The molecule has 0 aliphatic carbocycles. The molecule has 1 aromatic heterocycles. The number of nitrogens with zero attached hydrogens (tertiary/aromatic N) is 1. The molecule has 0 unspecified atom stereocenters. The molecule has 0 fully saturated rings. The van der Waals surface area contributed by atoms with Gasteiger partial charge in [-0.2, -0.15) is 0 Å². The van der Waals surface area contributed by atoms with Crippen molar-refractivity contribution < 1.29 is 0 Å². The zero-order valence-electron chi connectivity index (χ0n) is 3.23. The predicted octanol–water partition coefficient (Wildman–Crippen LogP) is -0.297. The summed E-state index contributed by atoms with van der Waals surface area (Å²) in [6.45, 7) is 0. The summed E-state index contributed by atoms with van der Waals surface area (Å²) in [7, 11) is 0. The maximum absolute atomic E-state index is 10.1. The third-order valence-electron chi connectivity index (χ3n) is 0.472. The van der Waals surface area contributed by atoms with Gasteiger partial charge in [0.15, 0.2) is 3.83 Å². The number of aromatic nitrogens is 3. The van der Waals surface area contributed by atoms with E-state index < -0.39 is 0 Å². The molecule has 0 saturated carbocycles. The molecule has 1 heterocycles. The van der Waals surface area contributed by atoms with Crippen LogP contribution in [0.3, 0.4) is 0 Å². The van der Waals surface area contributed by atoms with Crippen LogP contribution in [0.1, 0.15) is 0 Å². The van der Waals surface area contributed by atoms with E-state index >= 15 is 0 Å². The lowest BCUT2D eigenvalue weighted by molar-refractivity contribution is 1.04. The SMILES string of the molecule is O=c1[nH]nc(I)[nH]1. The highest BCUT2D eigenvalue weighted by Gasteiger charge is 1.85. The first kappa shape index (κ1) is 4.82. The Balaban J connectivity index is 3.30. The van der Waals surface area contributed by atoms with Crippen molar-refractivity contribution in [3.05, 3.63) is 14.3 Å². The molecule has 1 aromatic rings. The Morgan fingerprint density at radius 2 is 2.43 bits per heavy atom. The van der Waals surface area contributed by atoms with Crippen LogP contribution >= 0.6 is 22.6 Å². The molecule has 0 saturated heterocycles. The number of H-pyrrole nitrogens is 2. The molecule has 0 spiro atoms. The molecule has 5 heteroatoms. The molecule has 1 rings (SSSR count). The van der Waals surface area contributed by atoms with Gasteiger partial charge in [0, 0.05) is 22.6 Å². The van der Waals surface area contributed by atoms with Crippen LogP contribution in [0, 0.1) is 3.83 Å². The lowest BCUT2D eigenvalue weighted by atomic mass is 11.3. The van der Waals surface area contributed by atoms with E-state index in [1.807, 2.05) is 22.6 Å². The maximum atomic E-state index is 10.1. The Kier molecular flexibility index (Phi) is 1.13. The van der Waals surface area contributed by atoms with Crippen LogP contribution < -0.4 is 5.69 Å². The third kappa shape index (κ3) is 1.02. The largest absolute Gasteiger partial charge is 0.341 e. The first-order valence-corrected chi connectivity index (χ1v) is 2.67. The molecule has 38 valence electrons. The second-order valence-electron chi connectivity index (χ2n) is 0.969. The van der Waals surface area contributed by atoms with Crippen molar-refractivity contribution in [3.8, 4) is 0 Å². The zero-order valence-corrected chi connectivity index (χ0v) is 5.39. The number of halogens is 1. The maximum Gasteiger partial charge on any atom is 0.341 e. The standard InChI is InChI=1S/C2H2IN3O/c3-1-4-2(7)6-5-1/h(H2,4,5,6,7). The van der Waals surface area contributed by atoms with Gasteiger partial charge in [-0.1, -0.05) is 0 Å². The van der Waals surface area contributed by atoms with Crippen LogP contribution in [0.25, 0.3) is 0 Å². The van der Waals surface area contributed by atoms with E-state index in [4.69, 9.17) is 0 Å². The number of rotatable bonds is 0. The summed E-state index contributed by atoms with van der Waals surface area (Å²) in [6, 6.07) is 0. The first-order chi connectivity index (χ1) is 3.29. The lowest BCUT2D eigenvalue weighted by Crippen LogP contribution is -2.00. The molecule has 0 aromatic carbocycles. The molecule has 7 heavy (non-hydrogen) atoms. The summed E-state index contributed by atoms with van der Waals surface area (Å²) >= 11 is 1.90. The van der Waals surface area contributed by atoms with E-state index in [2.05, 4.69) is 15.2 Å². The normalized spacial score (nSPS) is 9.29. The molecule has 0 aliphatic rings. The topological polar surface area (TPSA) is 61.5 Å². The highest BCUT2D eigenvalue weighted by atomic mass is 127. The van der Waals surface area contributed by atoms with Crippen LogP contribution in [0.15, 0.2) is 4.79 Å². The molecule has 0 bridgehead atoms. The van der Waals surface area contributed by atoms with Gasteiger partial charge in [0.1, 0.15) is 0 Å². The molecule has 0 radical (unpaired) electrons. The van der Waals surface area contributed by atoms with Crippen LogP contribution in [0.5, 0.6) is 0 Å². The lowest BCUT2D eigenvalue weighted by Gasteiger charge is -1.62. The van der Waals surface area contributed by atoms with Crippen LogP contribution in [0.4, 0.5) is 0 Å². The smallest absolute Gasteiger partial charge is 0.284 e. The summed E-state index contributed by atoms with van der Waals surface area (Å²) in [5.41, 5.74) is -0.260. The molecule has 0 aliphatic heterocycles. The van der Waals surface area contributed by atoms with Gasteiger partial charge in [-0.05, 0) is 0 Å². The van der Waals surface area contributed by atoms with Crippen molar-refractivity contribution in [1.82, 2.24) is 15.2 Å². The van der Waals surface area contributed by atoms with Crippen LogP contribution in [-0.2, 0) is 0 Å². The number of hydrogen-bond acceptors (Lipinski definition) is 2.